The van der Waals surface area contributed by atoms with Crippen LogP contribution in [0.1, 0.15) is 54.7 Å². The van der Waals surface area contributed by atoms with Gasteiger partial charge in [-0.25, -0.2) is 4.98 Å². The van der Waals surface area contributed by atoms with E-state index in [0.29, 0.717) is 18.3 Å². The van der Waals surface area contributed by atoms with E-state index in [4.69, 9.17) is 0 Å². The van der Waals surface area contributed by atoms with E-state index in [2.05, 4.69) is 9.97 Å². The Hall–Kier alpha value is -2.18. The van der Waals surface area contributed by atoms with Crippen molar-refractivity contribution in [2.75, 3.05) is 13.1 Å². The van der Waals surface area contributed by atoms with E-state index >= 15 is 0 Å². The zero-order valence-electron chi connectivity index (χ0n) is 13.1. The van der Waals surface area contributed by atoms with Gasteiger partial charge >= 0.3 is 0 Å². The largest absolute Gasteiger partial charge is 0.336 e. The summed E-state index contributed by atoms with van der Waals surface area (Å²) in [5, 5.41) is 0. The molecule has 1 aliphatic carbocycles. The van der Waals surface area contributed by atoms with Gasteiger partial charge in [-0.1, -0.05) is 0 Å². The van der Waals surface area contributed by atoms with Crippen LogP contribution in [0, 0.1) is 0 Å². The molecule has 0 bridgehead atoms. The van der Waals surface area contributed by atoms with Gasteiger partial charge in [-0.3, -0.25) is 14.4 Å². The van der Waals surface area contributed by atoms with Gasteiger partial charge in [0.15, 0.2) is 0 Å². The first-order valence-corrected chi connectivity index (χ1v) is 8.27. The molecule has 0 aromatic carbocycles. The Bertz CT molecular complexity index is 724. The lowest BCUT2D eigenvalue weighted by Crippen LogP contribution is -2.60. The minimum absolute atomic E-state index is 0.0221. The van der Waals surface area contributed by atoms with Crippen LogP contribution in [0.2, 0.25) is 0 Å². The predicted molar refractivity (Wildman–Crippen MR) is 82.1 cm³/mol. The highest BCUT2D eigenvalue weighted by Crippen LogP contribution is 2.37. The first-order valence-electron chi connectivity index (χ1n) is 8.27. The van der Waals surface area contributed by atoms with Crippen LogP contribution in [0.5, 0.6) is 0 Å². The summed E-state index contributed by atoms with van der Waals surface area (Å²) in [5.41, 5.74) is -0.374. The molecule has 1 aromatic rings. The Morgan fingerprint density at radius 3 is 2.78 bits per heavy atom. The van der Waals surface area contributed by atoms with E-state index in [1.54, 1.807) is 6.92 Å². The van der Waals surface area contributed by atoms with E-state index in [1.807, 2.05) is 4.90 Å². The van der Waals surface area contributed by atoms with Gasteiger partial charge in [0, 0.05) is 31.2 Å². The fraction of sp³-hybridized carbons (Fsp3) is 0.625. The van der Waals surface area contributed by atoms with Crippen LogP contribution >= 0.6 is 0 Å². The number of piperazine rings is 1. The van der Waals surface area contributed by atoms with Crippen molar-refractivity contribution in [1.82, 2.24) is 19.8 Å². The highest BCUT2D eigenvalue weighted by atomic mass is 16.2. The summed E-state index contributed by atoms with van der Waals surface area (Å²) in [7, 11) is 0. The number of nitrogens with zero attached hydrogens (tertiary/aromatic N) is 3. The molecule has 1 aromatic heterocycles. The minimum Gasteiger partial charge on any atom is -0.336 e. The second-order valence-electron chi connectivity index (χ2n) is 6.75. The van der Waals surface area contributed by atoms with Crippen LogP contribution < -0.4 is 5.56 Å². The second-order valence-corrected chi connectivity index (χ2v) is 6.75. The smallest absolute Gasteiger partial charge is 0.263 e. The van der Waals surface area contributed by atoms with E-state index in [9.17, 15) is 14.4 Å². The molecule has 3 heterocycles. The summed E-state index contributed by atoms with van der Waals surface area (Å²) in [6.45, 7) is 3.00. The topological polar surface area (TPSA) is 86.4 Å². The number of carbonyl (C=O) groups is 2. The van der Waals surface area contributed by atoms with Crippen LogP contribution in [0.15, 0.2) is 11.0 Å². The van der Waals surface area contributed by atoms with Gasteiger partial charge in [-0.05, 0) is 32.6 Å². The molecule has 3 aliphatic rings. The summed E-state index contributed by atoms with van der Waals surface area (Å²) >= 11 is 0. The summed E-state index contributed by atoms with van der Waals surface area (Å²) < 4.78 is 0. The molecule has 0 radical (unpaired) electrons. The van der Waals surface area contributed by atoms with Crippen molar-refractivity contribution < 1.29 is 9.59 Å². The molecule has 1 saturated carbocycles. The average molecular weight is 316 g/mol. The number of nitrogens with one attached hydrogen (secondary N) is 1. The lowest BCUT2D eigenvalue weighted by molar-refractivity contribution is -0.141. The molecule has 2 atom stereocenters. The number of hydrogen-bond acceptors (Lipinski definition) is 4. The number of hydrogen-bond donors (Lipinski definition) is 1. The molecule has 0 spiro atoms. The number of carbonyl (C=O) groups excluding carboxylic acids is 2. The van der Waals surface area contributed by atoms with E-state index < -0.39 is 17.5 Å². The third kappa shape index (κ3) is 2.34. The SMILES string of the molecule is C[C@@H]1C(=O)N2CCC[C@H]2CN1C(=O)c1cnc(C2CC2)[nH]c1=O. The van der Waals surface area contributed by atoms with E-state index in [-0.39, 0.29) is 17.5 Å². The normalized spacial score (nSPS) is 27.3. The maximum absolute atomic E-state index is 12.8. The summed E-state index contributed by atoms with van der Waals surface area (Å²) in [6.07, 6.45) is 5.32. The number of amides is 2. The number of aromatic nitrogens is 2. The van der Waals surface area contributed by atoms with Gasteiger partial charge in [0.2, 0.25) is 5.91 Å². The summed E-state index contributed by atoms with van der Waals surface area (Å²) in [4.78, 5) is 47.8. The Morgan fingerprint density at radius 2 is 2.09 bits per heavy atom. The number of H-pyrrole nitrogens is 1. The minimum atomic E-state index is -0.528. The van der Waals surface area contributed by atoms with Crippen molar-refractivity contribution in [2.24, 2.45) is 0 Å². The first kappa shape index (κ1) is 14.4. The van der Waals surface area contributed by atoms with Gasteiger partial charge in [-0.15, -0.1) is 0 Å². The number of fused-ring (bicyclic) bond motifs is 1. The average Bonchev–Trinajstić information content (AvgIpc) is 3.28. The molecule has 4 rings (SSSR count). The van der Waals surface area contributed by atoms with Gasteiger partial charge in [-0.2, -0.15) is 0 Å². The van der Waals surface area contributed by atoms with E-state index in [1.165, 1.54) is 11.1 Å². The third-order valence-corrected chi connectivity index (χ3v) is 5.17. The van der Waals surface area contributed by atoms with Crippen molar-refractivity contribution in [2.45, 2.75) is 50.6 Å². The highest BCUT2D eigenvalue weighted by Gasteiger charge is 2.42. The van der Waals surface area contributed by atoms with Crippen LogP contribution in [0.3, 0.4) is 0 Å². The Morgan fingerprint density at radius 1 is 1.30 bits per heavy atom. The standard InChI is InChI=1S/C16H20N4O3/c1-9-15(22)19-6-2-3-11(19)8-20(9)16(23)12-7-17-13(10-4-5-10)18-14(12)21/h7,9-11H,2-6,8H2,1H3,(H,17,18,21)/t9-,11+/m1/s1. The zero-order chi connectivity index (χ0) is 16.1. The van der Waals surface area contributed by atoms with Gasteiger partial charge in [0.1, 0.15) is 17.4 Å². The maximum atomic E-state index is 12.8. The predicted octanol–water partition coefficient (Wildman–Crippen LogP) is 0.483. The Balaban J connectivity index is 1.60. The molecule has 1 N–H and O–H groups in total. The second kappa shape index (κ2) is 5.18. The zero-order valence-corrected chi connectivity index (χ0v) is 13.1. The maximum Gasteiger partial charge on any atom is 0.263 e. The molecule has 0 unspecified atom stereocenters. The van der Waals surface area contributed by atoms with E-state index in [0.717, 1.165) is 32.2 Å². The molecule has 2 saturated heterocycles. The monoisotopic (exact) mass is 316 g/mol. The Labute approximate surface area is 133 Å². The van der Waals surface area contributed by atoms with Gasteiger partial charge < -0.3 is 14.8 Å². The van der Waals surface area contributed by atoms with Crippen molar-refractivity contribution >= 4 is 11.8 Å². The van der Waals surface area contributed by atoms with Crippen molar-refractivity contribution in [3.8, 4) is 0 Å². The molecular formula is C16H20N4O3. The summed E-state index contributed by atoms with van der Waals surface area (Å²) in [5.74, 6) is 0.574. The molecule has 122 valence electrons. The molecule has 7 heteroatoms. The first-order chi connectivity index (χ1) is 11.1. The van der Waals surface area contributed by atoms with Crippen molar-refractivity contribution in [3.63, 3.8) is 0 Å². The molecule has 2 aliphatic heterocycles. The fourth-order valence-electron chi connectivity index (χ4n) is 3.61. The molecule has 7 nitrogen and oxygen atoms in total. The van der Waals surface area contributed by atoms with Gasteiger partial charge in [0.25, 0.3) is 11.5 Å². The molecular weight excluding hydrogens is 296 g/mol. The lowest BCUT2D eigenvalue weighted by atomic mass is 10.1. The van der Waals surface area contributed by atoms with Crippen LogP contribution in [-0.4, -0.2) is 56.8 Å². The summed E-state index contributed by atoms with van der Waals surface area (Å²) in [6, 6.07) is -0.445. The lowest BCUT2D eigenvalue weighted by Gasteiger charge is -2.41. The van der Waals surface area contributed by atoms with Crippen LogP contribution in [0.4, 0.5) is 0 Å². The number of aromatic amines is 1. The van der Waals surface area contributed by atoms with Gasteiger partial charge in [0.05, 0.1) is 0 Å². The number of rotatable bonds is 2. The van der Waals surface area contributed by atoms with Crippen molar-refractivity contribution in [3.05, 3.63) is 27.9 Å². The molecule has 2 amide bonds. The van der Waals surface area contributed by atoms with Crippen molar-refractivity contribution in [1.29, 1.82) is 0 Å². The van der Waals surface area contributed by atoms with Crippen LogP contribution in [0.25, 0.3) is 0 Å². The molecule has 23 heavy (non-hydrogen) atoms. The van der Waals surface area contributed by atoms with Crippen LogP contribution in [-0.2, 0) is 4.79 Å². The quantitative estimate of drug-likeness (QED) is 0.860. The third-order valence-electron chi connectivity index (χ3n) is 5.17. The fourth-order valence-corrected chi connectivity index (χ4v) is 3.61. The Kier molecular flexibility index (Phi) is 3.25. The highest BCUT2D eigenvalue weighted by molar-refractivity contribution is 5.97. The molecule has 3 fully saturated rings.